The molecule has 0 unspecified atom stereocenters. The molecule has 2 nitrogen and oxygen atoms in total. The predicted octanol–water partition coefficient (Wildman–Crippen LogP) is 3.70. The highest BCUT2D eigenvalue weighted by Gasteiger charge is 2.57. The molecular formula is C15H22BrNO. The number of halogens is 1. The van der Waals surface area contributed by atoms with Gasteiger partial charge in [0.05, 0.1) is 11.0 Å². The first-order valence-corrected chi connectivity index (χ1v) is 8.17. The Kier molecular flexibility index (Phi) is 3.08. The molecule has 3 fully saturated rings. The third-order valence-corrected chi connectivity index (χ3v) is 6.33. The van der Waals surface area contributed by atoms with E-state index in [0.29, 0.717) is 4.83 Å². The fourth-order valence-electron chi connectivity index (χ4n) is 4.19. The topological polar surface area (TPSA) is 29.1 Å². The van der Waals surface area contributed by atoms with Gasteiger partial charge in [0.2, 0.25) is 5.91 Å². The Morgan fingerprint density at radius 1 is 1.11 bits per heavy atom. The molecule has 3 rings (SSSR count). The summed E-state index contributed by atoms with van der Waals surface area (Å²) in [5.41, 5.74) is 0.940. The highest BCUT2D eigenvalue weighted by molar-refractivity contribution is 9.09. The van der Waals surface area contributed by atoms with Crippen LogP contribution in [-0.4, -0.2) is 16.3 Å². The van der Waals surface area contributed by atoms with Crippen LogP contribution in [0.5, 0.6) is 0 Å². The number of carbonyl (C=O) groups excluding carboxylic acids is 1. The molecule has 1 N–H and O–H groups in total. The van der Waals surface area contributed by atoms with Gasteiger partial charge in [0.1, 0.15) is 0 Å². The van der Waals surface area contributed by atoms with Crippen LogP contribution in [0.3, 0.4) is 0 Å². The van der Waals surface area contributed by atoms with Crippen LogP contribution in [0.4, 0.5) is 0 Å². The molecule has 100 valence electrons. The van der Waals surface area contributed by atoms with E-state index in [1.165, 1.54) is 24.8 Å². The summed E-state index contributed by atoms with van der Waals surface area (Å²) >= 11 is 3.70. The van der Waals surface area contributed by atoms with Crippen molar-refractivity contribution >= 4 is 21.8 Å². The fraction of sp³-hybridized carbons (Fsp3) is 0.800. The lowest BCUT2D eigenvalue weighted by Gasteiger charge is -2.39. The van der Waals surface area contributed by atoms with Gasteiger partial charge in [0, 0.05) is 4.83 Å². The molecule has 3 heteroatoms. The normalized spacial score (nSPS) is 39.3. The first-order chi connectivity index (χ1) is 8.59. The molecule has 0 aromatic carbocycles. The van der Waals surface area contributed by atoms with Gasteiger partial charge in [-0.2, -0.15) is 0 Å². The van der Waals surface area contributed by atoms with Crippen LogP contribution in [-0.2, 0) is 4.79 Å². The van der Waals surface area contributed by atoms with Gasteiger partial charge in [0.15, 0.2) is 0 Å². The van der Waals surface area contributed by atoms with Crippen LogP contribution in [0.15, 0.2) is 12.2 Å². The van der Waals surface area contributed by atoms with Crippen LogP contribution in [0.2, 0.25) is 0 Å². The lowest BCUT2D eigenvalue weighted by molar-refractivity contribution is -0.128. The van der Waals surface area contributed by atoms with Crippen LogP contribution in [0.1, 0.15) is 57.8 Å². The Morgan fingerprint density at radius 2 is 1.72 bits per heavy atom. The van der Waals surface area contributed by atoms with E-state index in [2.05, 4.69) is 27.8 Å². The summed E-state index contributed by atoms with van der Waals surface area (Å²) in [6.07, 6.45) is 10.1. The van der Waals surface area contributed by atoms with Crippen molar-refractivity contribution in [3.8, 4) is 0 Å². The summed E-state index contributed by atoms with van der Waals surface area (Å²) in [5, 5.41) is 3.34. The van der Waals surface area contributed by atoms with Crippen LogP contribution >= 0.6 is 15.9 Å². The average molecular weight is 312 g/mol. The number of nitrogens with one attached hydrogen (secondary N) is 1. The van der Waals surface area contributed by atoms with Crippen LogP contribution in [0, 0.1) is 5.41 Å². The van der Waals surface area contributed by atoms with Crippen molar-refractivity contribution in [2.24, 2.45) is 5.41 Å². The summed E-state index contributed by atoms with van der Waals surface area (Å²) in [6, 6.07) is 0. The van der Waals surface area contributed by atoms with E-state index in [-0.39, 0.29) is 16.9 Å². The largest absolute Gasteiger partial charge is 0.346 e. The van der Waals surface area contributed by atoms with Crippen molar-refractivity contribution in [3.05, 3.63) is 12.2 Å². The van der Waals surface area contributed by atoms with Crippen LogP contribution < -0.4 is 5.32 Å². The van der Waals surface area contributed by atoms with Crippen molar-refractivity contribution in [3.63, 3.8) is 0 Å². The number of hydrogen-bond donors (Lipinski definition) is 1. The number of amides is 1. The first-order valence-electron chi connectivity index (χ1n) is 7.26. The highest BCUT2D eigenvalue weighted by Crippen LogP contribution is 2.54. The van der Waals surface area contributed by atoms with Crippen molar-refractivity contribution < 1.29 is 4.79 Å². The van der Waals surface area contributed by atoms with Crippen molar-refractivity contribution in [1.29, 1.82) is 0 Å². The van der Waals surface area contributed by atoms with Gasteiger partial charge in [-0.1, -0.05) is 41.8 Å². The molecule has 2 saturated carbocycles. The zero-order valence-corrected chi connectivity index (χ0v) is 12.5. The van der Waals surface area contributed by atoms with E-state index in [0.717, 1.165) is 38.5 Å². The maximum atomic E-state index is 12.5. The molecule has 1 saturated heterocycles. The van der Waals surface area contributed by atoms with Gasteiger partial charge in [-0.05, 0) is 44.1 Å². The summed E-state index contributed by atoms with van der Waals surface area (Å²) in [5.74, 6) is 0.278. The zero-order chi connectivity index (χ0) is 12.8. The summed E-state index contributed by atoms with van der Waals surface area (Å²) in [4.78, 5) is 13.2. The second kappa shape index (κ2) is 4.36. The Bertz CT molecular complexity index is 376. The minimum Gasteiger partial charge on any atom is -0.346 e. The number of hydrogen-bond acceptors (Lipinski definition) is 1. The molecule has 0 radical (unpaired) electrons. The third-order valence-electron chi connectivity index (χ3n) is 5.42. The second-order valence-corrected chi connectivity index (χ2v) is 7.63. The molecule has 1 aliphatic heterocycles. The highest BCUT2D eigenvalue weighted by atomic mass is 79.9. The lowest BCUT2D eigenvalue weighted by Crippen LogP contribution is -2.45. The standard InChI is InChI=1S/C15H22BrNO/c1-11-14(7-3-2-4-8-14)13(18)17-15(11)9-5-12(16)6-10-15/h12H,1-10H2,(H,17,18). The number of carbonyl (C=O) groups is 1. The smallest absolute Gasteiger partial charge is 0.231 e. The minimum absolute atomic E-state index is 0.0707. The molecule has 3 aliphatic rings. The van der Waals surface area contributed by atoms with Gasteiger partial charge >= 0.3 is 0 Å². The van der Waals surface area contributed by atoms with E-state index in [9.17, 15) is 4.79 Å². The van der Waals surface area contributed by atoms with E-state index >= 15 is 0 Å². The van der Waals surface area contributed by atoms with E-state index in [4.69, 9.17) is 0 Å². The fourth-order valence-corrected chi connectivity index (χ4v) is 4.65. The molecule has 18 heavy (non-hydrogen) atoms. The Morgan fingerprint density at radius 3 is 2.33 bits per heavy atom. The molecule has 0 aromatic rings. The summed E-state index contributed by atoms with van der Waals surface area (Å²) in [7, 11) is 0. The van der Waals surface area contributed by atoms with Gasteiger partial charge in [0.25, 0.3) is 0 Å². The Hall–Kier alpha value is -0.310. The molecular weight excluding hydrogens is 290 g/mol. The van der Waals surface area contributed by atoms with Crippen molar-refractivity contribution in [2.75, 3.05) is 0 Å². The van der Waals surface area contributed by atoms with E-state index in [1.54, 1.807) is 0 Å². The van der Waals surface area contributed by atoms with Crippen molar-refractivity contribution in [2.45, 2.75) is 68.2 Å². The molecule has 2 aliphatic carbocycles. The van der Waals surface area contributed by atoms with Gasteiger partial charge < -0.3 is 5.32 Å². The van der Waals surface area contributed by atoms with Gasteiger partial charge in [-0.15, -0.1) is 0 Å². The van der Waals surface area contributed by atoms with Gasteiger partial charge in [-0.25, -0.2) is 0 Å². The maximum absolute atomic E-state index is 12.5. The van der Waals surface area contributed by atoms with Gasteiger partial charge in [-0.3, -0.25) is 4.79 Å². The molecule has 1 amide bonds. The Balaban J connectivity index is 1.88. The van der Waals surface area contributed by atoms with E-state index in [1.807, 2.05) is 0 Å². The molecule has 0 atom stereocenters. The molecule has 0 aromatic heterocycles. The monoisotopic (exact) mass is 311 g/mol. The average Bonchev–Trinajstić information content (AvgIpc) is 2.58. The maximum Gasteiger partial charge on any atom is 0.231 e. The number of alkyl halides is 1. The number of rotatable bonds is 0. The third kappa shape index (κ3) is 1.70. The SMILES string of the molecule is C=C1C2(CCC(Br)CC2)NC(=O)C12CCCCC2. The minimum atomic E-state index is -0.211. The quantitative estimate of drug-likeness (QED) is 0.536. The Labute approximate surface area is 118 Å². The zero-order valence-electron chi connectivity index (χ0n) is 10.9. The summed E-state index contributed by atoms with van der Waals surface area (Å²) < 4.78 is 0. The molecule has 1 heterocycles. The molecule has 0 bridgehead atoms. The predicted molar refractivity (Wildman–Crippen MR) is 76.7 cm³/mol. The first kappa shape index (κ1) is 12.7. The van der Waals surface area contributed by atoms with Crippen LogP contribution in [0.25, 0.3) is 0 Å². The lowest BCUT2D eigenvalue weighted by atomic mass is 9.64. The molecule has 2 spiro atoms. The second-order valence-electron chi connectivity index (χ2n) is 6.33. The van der Waals surface area contributed by atoms with Crippen molar-refractivity contribution in [1.82, 2.24) is 5.32 Å². The summed E-state index contributed by atoms with van der Waals surface area (Å²) in [6.45, 7) is 4.38. The van der Waals surface area contributed by atoms with E-state index < -0.39 is 0 Å².